The summed E-state index contributed by atoms with van der Waals surface area (Å²) in [4.78, 5) is 34.9. The quantitative estimate of drug-likeness (QED) is 0.713. The Morgan fingerprint density at radius 3 is 2.72 bits per heavy atom. The highest BCUT2D eigenvalue weighted by molar-refractivity contribution is 8.00. The van der Waals surface area contributed by atoms with Gasteiger partial charge in [-0.05, 0) is 12.1 Å². The first-order valence-corrected chi connectivity index (χ1v) is 9.58. The third-order valence-corrected chi connectivity index (χ3v) is 5.75. The Bertz CT molecular complexity index is 593. The van der Waals surface area contributed by atoms with Gasteiger partial charge in [-0.2, -0.15) is 0 Å². The van der Waals surface area contributed by atoms with Crippen molar-refractivity contribution in [2.45, 2.75) is 5.25 Å². The van der Waals surface area contributed by atoms with Crippen molar-refractivity contribution in [3.8, 4) is 0 Å². The lowest BCUT2D eigenvalue weighted by molar-refractivity contribution is -0.141. The van der Waals surface area contributed by atoms with Crippen LogP contribution in [0.2, 0.25) is 0 Å². The van der Waals surface area contributed by atoms with Crippen molar-refractivity contribution >= 4 is 29.5 Å². The number of nitrogens with zero attached hydrogens (tertiary/aromatic N) is 4. The van der Waals surface area contributed by atoms with Gasteiger partial charge < -0.3 is 14.5 Å². The summed E-state index contributed by atoms with van der Waals surface area (Å²) < 4.78 is 4.80. The van der Waals surface area contributed by atoms with Crippen LogP contribution >= 0.6 is 11.8 Å². The van der Waals surface area contributed by atoms with Gasteiger partial charge in [0.05, 0.1) is 13.7 Å². The molecule has 0 bridgehead atoms. The molecule has 8 heteroatoms. The second-order valence-electron chi connectivity index (χ2n) is 6.17. The Hall–Kier alpha value is -1.80. The number of amides is 1. The number of ether oxygens (including phenoxy) is 1. The van der Waals surface area contributed by atoms with Crippen LogP contribution in [-0.4, -0.2) is 90.6 Å². The number of thioether (sulfide) groups is 1. The Kier molecular flexibility index (Phi) is 6.14. The number of aromatic nitrogens is 1. The molecule has 2 fully saturated rings. The van der Waals surface area contributed by atoms with E-state index in [0.717, 1.165) is 37.7 Å². The predicted octanol–water partition coefficient (Wildman–Crippen LogP) is 0.321. The first kappa shape index (κ1) is 18.0. The lowest BCUT2D eigenvalue weighted by atomic mass is 10.2. The molecule has 0 N–H and O–H groups in total. The normalized spacial score (nSPS) is 21.9. The summed E-state index contributed by atoms with van der Waals surface area (Å²) in [5.74, 6) is 1.62. The molecule has 7 nitrogen and oxygen atoms in total. The molecule has 2 aliphatic rings. The Morgan fingerprint density at radius 1 is 1.24 bits per heavy atom. The number of esters is 1. The van der Waals surface area contributed by atoms with Crippen molar-refractivity contribution in [2.75, 3.05) is 63.6 Å². The predicted molar refractivity (Wildman–Crippen MR) is 97.7 cm³/mol. The molecule has 136 valence electrons. The van der Waals surface area contributed by atoms with E-state index in [1.54, 1.807) is 22.9 Å². The molecule has 0 radical (unpaired) electrons. The summed E-state index contributed by atoms with van der Waals surface area (Å²) in [5.41, 5.74) is 0. The summed E-state index contributed by atoms with van der Waals surface area (Å²) in [5, 5.41) is -0.260. The first-order chi connectivity index (χ1) is 12.2. The zero-order chi connectivity index (χ0) is 17.6. The minimum absolute atomic E-state index is 0.0977. The molecular weight excluding hydrogens is 340 g/mol. The van der Waals surface area contributed by atoms with Gasteiger partial charge in [-0.15, -0.1) is 11.8 Å². The van der Waals surface area contributed by atoms with Gasteiger partial charge in [0.25, 0.3) is 0 Å². The lowest BCUT2D eigenvalue weighted by Crippen LogP contribution is -2.52. The van der Waals surface area contributed by atoms with Crippen LogP contribution in [0.4, 0.5) is 5.82 Å². The number of carbonyl (C=O) groups excluding carboxylic acids is 2. The topological polar surface area (TPSA) is 66.0 Å². The highest BCUT2D eigenvalue weighted by atomic mass is 32.2. The van der Waals surface area contributed by atoms with Gasteiger partial charge in [0.2, 0.25) is 5.91 Å². The summed E-state index contributed by atoms with van der Waals surface area (Å²) in [6, 6.07) is 5.92. The molecule has 3 rings (SSSR count). The number of hydrogen-bond acceptors (Lipinski definition) is 7. The zero-order valence-corrected chi connectivity index (χ0v) is 15.3. The van der Waals surface area contributed by atoms with Crippen molar-refractivity contribution in [3.63, 3.8) is 0 Å². The third-order valence-electron chi connectivity index (χ3n) is 4.59. The average molecular weight is 364 g/mol. The molecule has 0 aliphatic carbocycles. The molecule has 0 unspecified atom stereocenters. The van der Waals surface area contributed by atoms with Gasteiger partial charge in [0.1, 0.15) is 11.1 Å². The molecule has 2 aliphatic heterocycles. The zero-order valence-electron chi connectivity index (χ0n) is 14.5. The fourth-order valence-electron chi connectivity index (χ4n) is 3.12. The SMILES string of the molecule is COC(=O)[C@H]1CN(C(=O)CN2CCN(c3ccccn3)CC2)CCS1. The fraction of sp³-hybridized carbons (Fsp3) is 0.588. The number of rotatable bonds is 4. The van der Waals surface area contributed by atoms with Crippen molar-refractivity contribution in [1.82, 2.24) is 14.8 Å². The van der Waals surface area contributed by atoms with Gasteiger partial charge in [-0.25, -0.2) is 4.98 Å². The molecule has 1 aromatic heterocycles. The molecule has 1 aromatic rings. The van der Waals surface area contributed by atoms with E-state index in [1.807, 2.05) is 18.2 Å². The van der Waals surface area contributed by atoms with Crippen LogP contribution in [0, 0.1) is 0 Å². The molecule has 1 atom stereocenters. The number of anilines is 1. The largest absolute Gasteiger partial charge is 0.468 e. The lowest BCUT2D eigenvalue weighted by Gasteiger charge is -2.37. The Balaban J connectivity index is 1.47. The van der Waals surface area contributed by atoms with Crippen molar-refractivity contribution in [3.05, 3.63) is 24.4 Å². The summed E-state index contributed by atoms with van der Waals surface area (Å²) in [6.45, 7) is 4.97. The molecule has 0 aromatic carbocycles. The minimum Gasteiger partial charge on any atom is -0.468 e. The second-order valence-corrected chi connectivity index (χ2v) is 7.48. The average Bonchev–Trinajstić information content (AvgIpc) is 2.68. The van der Waals surface area contributed by atoms with E-state index in [0.29, 0.717) is 19.6 Å². The van der Waals surface area contributed by atoms with Crippen molar-refractivity contribution in [1.29, 1.82) is 0 Å². The van der Waals surface area contributed by atoms with E-state index in [9.17, 15) is 9.59 Å². The number of piperazine rings is 1. The van der Waals surface area contributed by atoms with Gasteiger partial charge in [0.15, 0.2) is 0 Å². The van der Waals surface area contributed by atoms with E-state index in [2.05, 4.69) is 14.8 Å². The van der Waals surface area contributed by atoms with Crippen LogP contribution in [0.3, 0.4) is 0 Å². The third kappa shape index (κ3) is 4.64. The number of methoxy groups -OCH3 is 1. The van der Waals surface area contributed by atoms with Gasteiger partial charge in [0, 0.05) is 51.2 Å². The molecule has 2 saturated heterocycles. The van der Waals surface area contributed by atoms with Crippen molar-refractivity contribution in [2.24, 2.45) is 0 Å². The highest BCUT2D eigenvalue weighted by Gasteiger charge is 2.30. The first-order valence-electron chi connectivity index (χ1n) is 8.53. The van der Waals surface area contributed by atoms with E-state index < -0.39 is 0 Å². The maximum absolute atomic E-state index is 12.6. The molecule has 3 heterocycles. The van der Waals surface area contributed by atoms with Crippen LogP contribution in [0.1, 0.15) is 0 Å². The number of carbonyl (C=O) groups is 2. The van der Waals surface area contributed by atoms with Gasteiger partial charge in [-0.3, -0.25) is 14.5 Å². The van der Waals surface area contributed by atoms with Crippen LogP contribution in [0.25, 0.3) is 0 Å². The van der Waals surface area contributed by atoms with Crippen LogP contribution in [0.5, 0.6) is 0 Å². The molecular formula is C17H24N4O3S. The Morgan fingerprint density at radius 2 is 2.04 bits per heavy atom. The molecule has 25 heavy (non-hydrogen) atoms. The highest BCUT2D eigenvalue weighted by Crippen LogP contribution is 2.20. The summed E-state index contributed by atoms with van der Waals surface area (Å²) in [7, 11) is 1.39. The number of pyridine rings is 1. The standard InChI is InChI=1S/C17H24N4O3S/c1-24-17(23)14-12-21(10-11-25-14)16(22)13-19-6-8-20(9-7-19)15-4-2-3-5-18-15/h2-5,14H,6-13H2,1H3/t14-/m1/s1. The van der Waals surface area contributed by atoms with Gasteiger partial charge >= 0.3 is 5.97 Å². The second kappa shape index (κ2) is 8.53. The van der Waals surface area contributed by atoms with Gasteiger partial charge in [-0.1, -0.05) is 6.07 Å². The maximum Gasteiger partial charge on any atom is 0.320 e. The minimum atomic E-state index is -0.260. The summed E-state index contributed by atoms with van der Waals surface area (Å²) in [6.07, 6.45) is 1.80. The monoisotopic (exact) mass is 364 g/mol. The Labute approximate surface area is 152 Å². The fourth-order valence-corrected chi connectivity index (χ4v) is 4.25. The molecule has 0 saturated carbocycles. The summed E-state index contributed by atoms with van der Waals surface area (Å²) >= 11 is 1.57. The maximum atomic E-state index is 12.6. The molecule has 1 amide bonds. The van der Waals surface area contributed by atoms with Crippen LogP contribution in [-0.2, 0) is 14.3 Å². The van der Waals surface area contributed by atoms with E-state index in [-0.39, 0.29) is 17.1 Å². The van der Waals surface area contributed by atoms with E-state index in [4.69, 9.17) is 4.74 Å². The van der Waals surface area contributed by atoms with Crippen LogP contribution in [0.15, 0.2) is 24.4 Å². The van der Waals surface area contributed by atoms with Crippen molar-refractivity contribution < 1.29 is 14.3 Å². The molecule has 0 spiro atoms. The van der Waals surface area contributed by atoms with E-state index in [1.165, 1.54) is 7.11 Å². The van der Waals surface area contributed by atoms with Crippen LogP contribution < -0.4 is 4.90 Å². The smallest absolute Gasteiger partial charge is 0.320 e. The number of hydrogen-bond donors (Lipinski definition) is 0. The van der Waals surface area contributed by atoms with E-state index >= 15 is 0 Å².